The Bertz CT molecular complexity index is 663. The zero-order valence-electron chi connectivity index (χ0n) is 17.2. The van der Waals surface area contributed by atoms with Crippen molar-refractivity contribution in [3.63, 3.8) is 0 Å². The smallest absolute Gasteiger partial charge is 0.340 e. The summed E-state index contributed by atoms with van der Waals surface area (Å²) in [7, 11) is 0. The molecular weight excluding hydrogens is 354 g/mol. The molecule has 1 aromatic carbocycles. The molecule has 0 aromatic heterocycles. The average molecular weight is 388 g/mol. The number of rotatable bonds is 5. The first-order valence-electron chi connectivity index (χ1n) is 10.6. The Balaban J connectivity index is 1.49. The van der Waals surface area contributed by atoms with E-state index >= 15 is 0 Å². The summed E-state index contributed by atoms with van der Waals surface area (Å²) in [6, 6.07) is 6.87. The Morgan fingerprint density at radius 3 is 2.43 bits per heavy atom. The Kier molecular flexibility index (Phi) is 7.31. The number of nitrogens with one attached hydrogen (secondary N) is 1. The second-order valence-corrected chi connectivity index (χ2v) is 8.11. The molecule has 154 valence electrons. The lowest BCUT2D eigenvalue weighted by molar-refractivity contribution is 0.0527. The summed E-state index contributed by atoms with van der Waals surface area (Å²) in [5.74, 6) is 1.12. The summed E-state index contributed by atoms with van der Waals surface area (Å²) in [6.45, 7) is 9.55. The van der Waals surface area contributed by atoms with Gasteiger partial charge in [-0.1, -0.05) is 19.1 Å². The van der Waals surface area contributed by atoms with Crippen molar-refractivity contribution in [2.24, 2.45) is 11.8 Å². The maximum Gasteiger partial charge on any atom is 0.340 e. The molecule has 0 aliphatic carbocycles. The highest BCUT2D eigenvalue weighted by Gasteiger charge is 2.26. The molecule has 0 bridgehead atoms. The molecule has 2 saturated heterocycles. The van der Waals surface area contributed by atoms with Crippen molar-refractivity contribution in [2.45, 2.75) is 39.5 Å². The van der Waals surface area contributed by atoms with E-state index < -0.39 is 5.97 Å². The molecule has 0 atom stereocenters. The average Bonchev–Trinajstić information content (AvgIpc) is 2.71. The van der Waals surface area contributed by atoms with E-state index in [1.807, 2.05) is 11.0 Å². The Morgan fingerprint density at radius 1 is 1.07 bits per heavy atom. The number of piperidine rings is 2. The molecule has 2 fully saturated rings. The monoisotopic (exact) mass is 387 g/mol. The number of esters is 1. The van der Waals surface area contributed by atoms with Gasteiger partial charge in [-0.15, -0.1) is 0 Å². The number of nitrogens with zero attached hydrogens (tertiary/aromatic N) is 2. The van der Waals surface area contributed by atoms with Gasteiger partial charge in [0, 0.05) is 19.6 Å². The fourth-order valence-corrected chi connectivity index (χ4v) is 4.10. The number of benzene rings is 1. The van der Waals surface area contributed by atoms with Gasteiger partial charge < -0.3 is 19.9 Å². The summed E-state index contributed by atoms with van der Waals surface area (Å²) in [5, 5.41) is 2.90. The zero-order valence-corrected chi connectivity index (χ0v) is 17.2. The number of ether oxygens (including phenoxy) is 1. The van der Waals surface area contributed by atoms with Crippen molar-refractivity contribution in [3.05, 3.63) is 29.8 Å². The van der Waals surface area contributed by atoms with Crippen molar-refractivity contribution < 1.29 is 14.3 Å². The molecule has 1 aromatic rings. The van der Waals surface area contributed by atoms with Crippen LogP contribution in [0.2, 0.25) is 0 Å². The van der Waals surface area contributed by atoms with Crippen molar-refractivity contribution in [1.82, 2.24) is 9.80 Å². The number of amides is 2. The Hall–Kier alpha value is -2.08. The van der Waals surface area contributed by atoms with Crippen molar-refractivity contribution >= 4 is 17.7 Å². The van der Waals surface area contributed by atoms with E-state index in [1.54, 1.807) is 25.1 Å². The van der Waals surface area contributed by atoms with Crippen LogP contribution in [0.15, 0.2) is 24.3 Å². The van der Waals surface area contributed by atoms with Gasteiger partial charge in [0.15, 0.2) is 0 Å². The Labute approximate surface area is 168 Å². The van der Waals surface area contributed by atoms with Gasteiger partial charge in [0.2, 0.25) is 0 Å². The van der Waals surface area contributed by atoms with Crippen LogP contribution in [0.3, 0.4) is 0 Å². The number of hydrogen-bond donors (Lipinski definition) is 1. The molecule has 6 nitrogen and oxygen atoms in total. The van der Waals surface area contributed by atoms with Crippen LogP contribution in [-0.2, 0) is 4.74 Å². The minimum absolute atomic E-state index is 0.137. The summed E-state index contributed by atoms with van der Waals surface area (Å²) in [5.41, 5.74) is 0.905. The molecule has 0 radical (unpaired) electrons. The molecule has 0 spiro atoms. The van der Waals surface area contributed by atoms with E-state index in [2.05, 4.69) is 17.1 Å². The SMILES string of the molecule is CCOC(=O)c1ccccc1NC(=O)N1CCC(CN2CCC(C)CC2)CC1. The van der Waals surface area contributed by atoms with Crippen LogP contribution in [0.1, 0.15) is 49.9 Å². The maximum atomic E-state index is 12.7. The van der Waals surface area contributed by atoms with Crippen LogP contribution in [0, 0.1) is 11.8 Å². The van der Waals surface area contributed by atoms with E-state index in [0.717, 1.165) is 38.4 Å². The number of urea groups is 1. The van der Waals surface area contributed by atoms with E-state index in [1.165, 1.54) is 25.9 Å². The minimum Gasteiger partial charge on any atom is -0.462 e. The van der Waals surface area contributed by atoms with E-state index in [9.17, 15) is 9.59 Å². The predicted octanol–water partition coefficient (Wildman–Crippen LogP) is 3.84. The third-order valence-corrected chi connectivity index (χ3v) is 5.96. The molecule has 1 N–H and O–H groups in total. The van der Waals surface area contributed by atoms with Crippen LogP contribution in [0.25, 0.3) is 0 Å². The van der Waals surface area contributed by atoms with Gasteiger partial charge in [-0.25, -0.2) is 9.59 Å². The van der Waals surface area contributed by atoms with Gasteiger partial charge in [0.1, 0.15) is 0 Å². The maximum absolute atomic E-state index is 12.7. The van der Waals surface area contributed by atoms with Crippen molar-refractivity contribution in [2.75, 3.05) is 44.6 Å². The summed E-state index contributed by atoms with van der Waals surface area (Å²) in [6.07, 6.45) is 4.69. The molecule has 6 heteroatoms. The lowest BCUT2D eigenvalue weighted by Crippen LogP contribution is -2.44. The summed E-state index contributed by atoms with van der Waals surface area (Å²) >= 11 is 0. The van der Waals surface area contributed by atoms with Crippen LogP contribution in [-0.4, -0.2) is 61.1 Å². The first-order chi connectivity index (χ1) is 13.6. The first-order valence-corrected chi connectivity index (χ1v) is 10.6. The first kappa shape index (κ1) is 20.6. The molecule has 2 heterocycles. The van der Waals surface area contributed by atoms with Gasteiger partial charge in [-0.3, -0.25) is 0 Å². The number of carbonyl (C=O) groups is 2. The number of carbonyl (C=O) groups excluding carboxylic acids is 2. The standard InChI is InChI=1S/C22H33N3O3/c1-3-28-21(26)19-6-4-5-7-20(19)23-22(27)25-14-10-18(11-15-25)16-24-12-8-17(2)9-13-24/h4-7,17-18H,3,8-16H2,1-2H3,(H,23,27). The largest absolute Gasteiger partial charge is 0.462 e. The second kappa shape index (κ2) is 9.92. The molecule has 0 saturated carbocycles. The lowest BCUT2D eigenvalue weighted by Gasteiger charge is -2.37. The summed E-state index contributed by atoms with van der Waals surface area (Å²) < 4.78 is 5.08. The molecule has 0 unspecified atom stereocenters. The highest BCUT2D eigenvalue weighted by Crippen LogP contribution is 2.23. The van der Waals surface area contributed by atoms with Crippen LogP contribution >= 0.6 is 0 Å². The highest BCUT2D eigenvalue weighted by atomic mass is 16.5. The molecule has 2 aliphatic rings. The fraction of sp³-hybridized carbons (Fsp3) is 0.636. The van der Waals surface area contributed by atoms with Crippen LogP contribution < -0.4 is 5.32 Å². The van der Waals surface area contributed by atoms with Gasteiger partial charge in [0.25, 0.3) is 0 Å². The molecular formula is C22H33N3O3. The van der Waals surface area contributed by atoms with Crippen LogP contribution in [0.5, 0.6) is 0 Å². The van der Waals surface area contributed by atoms with Gasteiger partial charge in [-0.05, 0) is 69.7 Å². The normalized spacial score (nSPS) is 19.4. The third kappa shape index (κ3) is 5.47. The molecule has 2 aliphatic heterocycles. The molecule has 2 amide bonds. The van der Waals surface area contributed by atoms with Crippen molar-refractivity contribution in [3.8, 4) is 0 Å². The van der Waals surface area contributed by atoms with Gasteiger partial charge in [-0.2, -0.15) is 0 Å². The zero-order chi connectivity index (χ0) is 19.9. The minimum atomic E-state index is -0.409. The third-order valence-electron chi connectivity index (χ3n) is 5.96. The predicted molar refractivity (Wildman–Crippen MR) is 111 cm³/mol. The quantitative estimate of drug-likeness (QED) is 0.780. The number of hydrogen-bond acceptors (Lipinski definition) is 4. The number of para-hydroxylation sites is 1. The fourth-order valence-electron chi connectivity index (χ4n) is 4.10. The van der Waals surface area contributed by atoms with E-state index in [0.29, 0.717) is 23.8 Å². The number of anilines is 1. The lowest BCUT2D eigenvalue weighted by atomic mass is 9.93. The van der Waals surface area contributed by atoms with Crippen LogP contribution in [0.4, 0.5) is 10.5 Å². The van der Waals surface area contributed by atoms with Gasteiger partial charge in [0.05, 0.1) is 17.9 Å². The van der Waals surface area contributed by atoms with E-state index in [4.69, 9.17) is 4.74 Å². The molecule has 3 rings (SSSR count). The van der Waals surface area contributed by atoms with Crippen molar-refractivity contribution in [1.29, 1.82) is 0 Å². The van der Waals surface area contributed by atoms with Gasteiger partial charge >= 0.3 is 12.0 Å². The summed E-state index contributed by atoms with van der Waals surface area (Å²) in [4.78, 5) is 29.2. The number of likely N-dealkylation sites (tertiary alicyclic amines) is 2. The second-order valence-electron chi connectivity index (χ2n) is 8.11. The molecule has 28 heavy (non-hydrogen) atoms. The topological polar surface area (TPSA) is 61.9 Å². The highest BCUT2D eigenvalue weighted by molar-refractivity contribution is 6.00. The Morgan fingerprint density at radius 2 is 1.75 bits per heavy atom. The van der Waals surface area contributed by atoms with E-state index in [-0.39, 0.29) is 6.03 Å².